The van der Waals surface area contributed by atoms with E-state index in [1.54, 1.807) is 4.90 Å². The normalized spacial score (nSPS) is 19.3. The maximum atomic E-state index is 13.1. The van der Waals surface area contributed by atoms with Gasteiger partial charge in [0.2, 0.25) is 11.8 Å². The van der Waals surface area contributed by atoms with E-state index in [9.17, 15) is 14.9 Å². The van der Waals surface area contributed by atoms with Gasteiger partial charge in [0, 0.05) is 19.0 Å². The molecule has 0 bridgehead atoms. The molecule has 2 atom stereocenters. The average Bonchev–Trinajstić information content (AvgIpc) is 3.51. The van der Waals surface area contributed by atoms with Gasteiger partial charge < -0.3 is 10.2 Å². The molecule has 5 nitrogen and oxygen atoms in total. The van der Waals surface area contributed by atoms with E-state index in [0.29, 0.717) is 13.0 Å². The molecule has 1 heterocycles. The summed E-state index contributed by atoms with van der Waals surface area (Å²) in [4.78, 5) is 27.9. The predicted octanol–water partition coefficient (Wildman–Crippen LogP) is 4.94. The largest absolute Gasteiger partial charge is 0.351 e. The van der Waals surface area contributed by atoms with Crippen molar-refractivity contribution in [2.24, 2.45) is 5.92 Å². The smallest absolute Gasteiger partial charge is 0.243 e. The summed E-state index contributed by atoms with van der Waals surface area (Å²) in [6, 6.07) is 20.7. The summed E-state index contributed by atoms with van der Waals surface area (Å²) >= 11 is 0. The average molecular weight is 472 g/mol. The number of unbranched alkanes of at least 4 members (excludes halogenated alkanes) is 1. The third kappa shape index (κ3) is 5.42. The minimum absolute atomic E-state index is 0.0129. The second-order valence-electron chi connectivity index (χ2n) is 10.4. The molecule has 5 heteroatoms. The van der Waals surface area contributed by atoms with Crippen LogP contribution in [0.2, 0.25) is 0 Å². The SMILES string of the molecule is CC(C)C(C#N)(CCCCC(=O)N1CCC[C@@H]1C(=O)NC1Cc2ccccc2C1)c1ccccc1. The highest BCUT2D eigenvalue weighted by atomic mass is 16.2. The molecule has 184 valence electrons. The molecule has 0 spiro atoms. The number of benzene rings is 2. The summed E-state index contributed by atoms with van der Waals surface area (Å²) in [5, 5.41) is 13.3. The monoisotopic (exact) mass is 471 g/mol. The van der Waals surface area contributed by atoms with E-state index in [2.05, 4.69) is 37.4 Å². The van der Waals surface area contributed by atoms with Gasteiger partial charge in [-0.05, 0) is 61.1 Å². The molecule has 2 amide bonds. The van der Waals surface area contributed by atoms with Gasteiger partial charge in [0.05, 0.1) is 11.5 Å². The Morgan fingerprint density at radius 2 is 1.71 bits per heavy atom. The Labute approximate surface area is 209 Å². The van der Waals surface area contributed by atoms with E-state index in [4.69, 9.17) is 0 Å². The number of nitriles is 1. The summed E-state index contributed by atoms with van der Waals surface area (Å²) < 4.78 is 0. The van der Waals surface area contributed by atoms with Crippen molar-refractivity contribution < 1.29 is 9.59 Å². The van der Waals surface area contributed by atoms with Gasteiger partial charge in [0.15, 0.2) is 0 Å². The number of carbonyl (C=O) groups is 2. The van der Waals surface area contributed by atoms with Gasteiger partial charge in [0.1, 0.15) is 6.04 Å². The lowest BCUT2D eigenvalue weighted by Crippen LogP contribution is -2.49. The van der Waals surface area contributed by atoms with Gasteiger partial charge in [-0.3, -0.25) is 9.59 Å². The number of fused-ring (bicyclic) bond motifs is 1. The number of nitrogens with zero attached hydrogens (tertiary/aromatic N) is 2. The van der Waals surface area contributed by atoms with Crippen molar-refractivity contribution in [3.63, 3.8) is 0 Å². The number of rotatable bonds is 9. The summed E-state index contributed by atoms with van der Waals surface area (Å²) in [5.41, 5.74) is 3.12. The van der Waals surface area contributed by atoms with Crippen LogP contribution in [0.15, 0.2) is 54.6 Å². The molecule has 2 aromatic rings. The van der Waals surface area contributed by atoms with Crippen LogP contribution in [0.1, 0.15) is 69.1 Å². The van der Waals surface area contributed by atoms with Crippen LogP contribution in [0, 0.1) is 17.2 Å². The van der Waals surface area contributed by atoms with Gasteiger partial charge in [-0.2, -0.15) is 5.26 Å². The highest BCUT2D eigenvalue weighted by Crippen LogP contribution is 2.37. The maximum Gasteiger partial charge on any atom is 0.243 e. The first kappa shape index (κ1) is 25.0. The lowest BCUT2D eigenvalue weighted by Gasteiger charge is -2.31. The van der Waals surface area contributed by atoms with Crippen LogP contribution in [0.3, 0.4) is 0 Å². The van der Waals surface area contributed by atoms with Crippen LogP contribution in [0.25, 0.3) is 0 Å². The second-order valence-corrected chi connectivity index (χ2v) is 10.4. The summed E-state index contributed by atoms with van der Waals surface area (Å²) in [6.45, 7) is 4.84. The molecule has 1 aliphatic heterocycles. The Morgan fingerprint density at radius 1 is 1.06 bits per heavy atom. The van der Waals surface area contributed by atoms with Crippen molar-refractivity contribution in [1.29, 1.82) is 5.26 Å². The minimum Gasteiger partial charge on any atom is -0.351 e. The van der Waals surface area contributed by atoms with E-state index in [-0.39, 0.29) is 29.8 Å². The molecule has 35 heavy (non-hydrogen) atoms. The third-order valence-corrected chi connectivity index (χ3v) is 7.96. The van der Waals surface area contributed by atoms with E-state index < -0.39 is 5.41 Å². The molecule has 0 radical (unpaired) electrons. The quantitative estimate of drug-likeness (QED) is 0.527. The first-order chi connectivity index (χ1) is 16.9. The highest BCUT2D eigenvalue weighted by Gasteiger charge is 2.37. The van der Waals surface area contributed by atoms with Gasteiger partial charge >= 0.3 is 0 Å². The Bertz CT molecular complexity index is 1050. The first-order valence-electron chi connectivity index (χ1n) is 13.1. The topological polar surface area (TPSA) is 73.2 Å². The number of hydrogen-bond donors (Lipinski definition) is 1. The Hall–Kier alpha value is -3.13. The Morgan fingerprint density at radius 3 is 2.34 bits per heavy atom. The van der Waals surface area contributed by atoms with E-state index in [1.807, 2.05) is 42.5 Å². The van der Waals surface area contributed by atoms with Crippen molar-refractivity contribution in [2.75, 3.05) is 6.54 Å². The summed E-state index contributed by atoms with van der Waals surface area (Å²) in [5.74, 6) is 0.226. The van der Waals surface area contributed by atoms with Crippen LogP contribution in [-0.2, 0) is 27.8 Å². The highest BCUT2D eigenvalue weighted by molar-refractivity contribution is 5.88. The maximum absolute atomic E-state index is 13.1. The van der Waals surface area contributed by atoms with E-state index >= 15 is 0 Å². The number of carbonyl (C=O) groups excluding carboxylic acids is 2. The molecule has 0 aromatic heterocycles. The minimum atomic E-state index is -0.542. The molecule has 4 rings (SSSR count). The number of hydrogen-bond acceptors (Lipinski definition) is 3. The van der Waals surface area contributed by atoms with Gasteiger partial charge in [0.25, 0.3) is 0 Å². The molecule has 1 saturated heterocycles. The van der Waals surface area contributed by atoms with Crippen LogP contribution in [0.5, 0.6) is 0 Å². The zero-order chi connectivity index (χ0) is 24.8. The molecule has 1 unspecified atom stereocenters. The van der Waals surface area contributed by atoms with E-state index in [0.717, 1.165) is 50.5 Å². The lowest BCUT2D eigenvalue weighted by molar-refractivity contribution is -0.138. The van der Waals surface area contributed by atoms with Crippen LogP contribution in [0.4, 0.5) is 0 Å². The molecule has 2 aliphatic rings. The van der Waals surface area contributed by atoms with Crippen LogP contribution < -0.4 is 5.32 Å². The van der Waals surface area contributed by atoms with E-state index in [1.165, 1.54) is 11.1 Å². The zero-order valence-electron chi connectivity index (χ0n) is 21.0. The number of amides is 2. The van der Waals surface area contributed by atoms with Crippen molar-refractivity contribution >= 4 is 11.8 Å². The molecule has 0 saturated carbocycles. The molecule has 1 aliphatic carbocycles. The van der Waals surface area contributed by atoms with Gasteiger partial charge in [-0.1, -0.05) is 74.9 Å². The Balaban J connectivity index is 1.28. The zero-order valence-corrected chi connectivity index (χ0v) is 21.0. The van der Waals surface area contributed by atoms with Gasteiger partial charge in [-0.15, -0.1) is 0 Å². The van der Waals surface area contributed by atoms with Crippen LogP contribution in [-0.4, -0.2) is 35.3 Å². The lowest BCUT2D eigenvalue weighted by atomic mass is 9.69. The standard InChI is InChI=1S/C30H37N3O2/c1-22(2)30(21-31,25-13-4-3-5-14-25)17-9-8-16-28(34)33-18-10-15-27(33)29(35)32-26-19-23-11-6-7-12-24(23)20-26/h3-7,11-14,22,26-27H,8-10,15-20H2,1-2H3,(H,32,35)/t27-,30?/m1/s1. The summed E-state index contributed by atoms with van der Waals surface area (Å²) in [7, 11) is 0. The second kappa shape index (κ2) is 11.1. The predicted molar refractivity (Wildman–Crippen MR) is 138 cm³/mol. The van der Waals surface area contributed by atoms with Crippen molar-refractivity contribution in [3.8, 4) is 6.07 Å². The first-order valence-corrected chi connectivity index (χ1v) is 13.1. The molecular weight excluding hydrogens is 434 g/mol. The van der Waals surface area contributed by atoms with Gasteiger partial charge in [-0.25, -0.2) is 0 Å². The molecular formula is C30H37N3O2. The number of likely N-dealkylation sites (tertiary alicyclic amines) is 1. The van der Waals surface area contributed by atoms with Crippen molar-refractivity contribution in [3.05, 3.63) is 71.3 Å². The fourth-order valence-electron chi connectivity index (χ4n) is 5.87. The molecule has 2 aromatic carbocycles. The third-order valence-electron chi connectivity index (χ3n) is 7.96. The summed E-state index contributed by atoms with van der Waals surface area (Å²) in [6.07, 6.45) is 6.00. The number of nitrogens with one attached hydrogen (secondary N) is 1. The fraction of sp³-hybridized carbons (Fsp3) is 0.500. The van der Waals surface area contributed by atoms with Crippen molar-refractivity contribution in [1.82, 2.24) is 10.2 Å². The fourth-order valence-corrected chi connectivity index (χ4v) is 5.87. The molecule has 1 fully saturated rings. The Kier molecular flexibility index (Phi) is 7.90. The van der Waals surface area contributed by atoms with Crippen LogP contribution >= 0.6 is 0 Å². The van der Waals surface area contributed by atoms with Crippen molar-refractivity contribution in [2.45, 2.75) is 82.7 Å². The molecule has 1 N–H and O–H groups in total.